The third kappa shape index (κ3) is 2.92. The molecule has 0 aliphatic carbocycles. The summed E-state index contributed by atoms with van der Waals surface area (Å²) in [7, 11) is 0. The van der Waals surface area contributed by atoms with Crippen molar-refractivity contribution in [3.05, 3.63) is 48.0 Å². The fourth-order valence-corrected chi connectivity index (χ4v) is 3.20. The van der Waals surface area contributed by atoms with Crippen molar-refractivity contribution in [3.63, 3.8) is 0 Å². The Morgan fingerprint density at radius 2 is 1.89 bits per heavy atom. The molecule has 2 aliphatic heterocycles. The first-order valence-electron chi connectivity index (χ1n) is 8.68. The average Bonchev–Trinajstić information content (AvgIpc) is 3.14. The summed E-state index contributed by atoms with van der Waals surface area (Å²) < 4.78 is 15.6. The number of hydrogen-bond donors (Lipinski definition) is 1. The van der Waals surface area contributed by atoms with Gasteiger partial charge in [-0.05, 0) is 44.2 Å². The molecule has 2 heterocycles. The van der Waals surface area contributed by atoms with Gasteiger partial charge in [0.15, 0.2) is 18.1 Å². The zero-order valence-electron chi connectivity index (χ0n) is 15.4. The molecule has 0 saturated carbocycles. The maximum Gasteiger partial charge on any atom is 0.338 e. The standard InChI is InChI=1S/C20H18N2O6/c1-20(2)19(25)21-13-5-3-4-6-14(13)22(20)17(23)10-26-18(24)12-7-8-15-16(9-12)28-11-27-15/h3-9H,10-11H2,1-2H3,(H,21,25). The van der Waals surface area contributed by atoms with Gasteiger partial charge in [-0.2, -0.15) is 0 Å². The van der Waals surface area contributed by atoms with Gasteiger partial charge < -0.3 is 19.5 Å². The molecular formula is C20H18N2O6. The molecule has 2 amide bonds. The molecule has 2 aromatic rings. The number of benzene rings is 2. The lowest BCUT2D eigenvalue weighted by Gasteiger charge is -2.41. The van der Waals surface area contributed by atoms with Crippen LogP contribution in [0.4, 0.5) is 11.4 Å². The van der Waals surface area contributed by atoms with E-state index in [1.165, 1.54) is 17.0 Å². The summed E-state index contributed by atoms with van der Waals surface area (Å²) in [6, 6.07) is 11.6. The van der Waals surface area contributed by atoms with Crippen LogP contribution in [-0.2, 0) is 14.3 Å². The Balaban J connectivity index is 1.51. The van der Waals surface area contributed by atoms with Crippen molar-refractivity contribution >= 4 is 29.2 Å². The van der Waals surface area contributed by atoms with Crippen molar-refractivity contribution in [2.75, 3.05) is 23.6 Å². The maximum atomic E-state index is 12.9. The molecule has 4 rings (SSSR count). The van der Waals surface area contributed by atoms with E-state index < -0.39 is 24.0 Å². The number of nitrogens with one attached hydrogen (secondary N) is 1. The maximum absolute atomic E-state index is 12.9. The lowest BCUT2D eigenvalue weighted by atomic mass is 9.96. The average molecular weight is 382 g/mol. The van der Waals surface area contributed by atoms with Crippen LogP contribution >= 0.6 is 0 Å². The van der Waals surface area contributed by atoms with Gasteiger partial charge in [0, 0.05) is 0 Å². The van der Waals surface area contributed by atoms with E-state index in [9.17, 15) is 14.4 Å². The van der Waals surface area contributed by atoms with Gasteiger partial charge in [0.2, 0.25) is 12.7 Å². The first-order valence-corrected chi connectivity index (χ1v) is 8.68. The summed E-state index contributed by atoms with van der Waals surface area (Å²) in [5, 5.41) is 2.78. The molecule has 0 spiro atoms. The highest BCUT2D eigenvalue weighted by atomic mass is 16.7. The third-order valence-corrected chi connectivity index (χ3v) is 4.69. The molecule has 8 heteroatoms. The second-order valence-corrected chi connectivity index (χ2v) is 6.90. The van der Waals surface area contributed by atoms with Gasteiger partial charge in [0.05, 0.1) is 16.9 Å². The predicted molar refractivity (Wildman–Crippen MR) is 99.5 cm³/mol. The molecule has 0 aromatic heterocycles. The van der Waals surface area contributed by atoms with Gasteiger partial charge >= 0.3 is 5.97 Å². The Labute approximate surface area is 161 Å². The molecule has 0 atom stereocenters. The van der Waals surface area contributed by atoms with Crippen LogP contribution in [0.5, 0.6) is 11.5 Å². The molecule has 2 aromatic carbocycles. The zero-order chi connectivity index (χ0) is 19.9. The third-order valence-electron chi connectivity index (χ3n) is 4.69. The molecule has 28 heavy (non-hydrogen) atoms. The number of esters is 1. The number of carbonyl (C=O) groups is 3. The molecular weight excluding hydrogens is 364 g/mol. The van der Waals surface area contributed by atoms with Gasteiger partial charge in [0.25, 0.3) is 5.91 Å². The number of hydrogen-bond acceptors (Lipinski definition) is 6. The van der Waals surface area contributed by atoms with Gasteiger partial charge in [-0.3, -0.25) is 14.5 Å². The van der Waals surface area contributed by atoms with Crippen LogP contribution in [0, 0.1) is 0 Å². The van der Waals surface area contributed by atoms with E-state index in [2.05, 4.69) is 5.32 Å². The number of para-hydroxylation sites is 2. The molecule has 8 nitrogen and oxygen atoms in total. The van der Waals surface area contributed by atoms with Crippen LogP contribution in [0.1, 0.15) is 24.2 Å². The lowest BCUT2D eigenvalue weighted by molar-refractivity contribution is -0.128. The summed E-state index contributed by atoms with van der Waals surface area (Å²) in [4.78, 5) is 39.0. The van der Waals surface area contributed by atoms with Gasteiger partial charge in [-0.15, -0.1) is 0 Å². The van der Waals surface area contributed by atoms with E-state index in [0.717, 1.165) is 0 Å². The minimum absolute atomic E-state index is 0.0951. The normalized spacial score (nSPS) is 16.2. The van der Waals surface area contributed by atoms with Crippen LogP contribution < -0.4 is 19.7 Å². The van der Waals surface area contributed by atoms with E-state index in [0.29, 0.717) is 22.9 Å². The van der Waals surface area contributed by atoms with E-state index >= 15 is 0 Å². The molecule has 0 radical (unpaired) electrons. The van der Waals surface area contributed by atoms with Crippen LogP contribution in [-0.4, -0.2) is 36.7 Å². The Kier molecular flexibility index (Phi) is 4.18. The van der Waals surface area contributed by atoms with E-state index in [4.69, 9.17) is 14.2 Å². The molecule has 0 fully saturated rings. The Morgan fingerprint density at radius 1 is 1.14 bits per heavy atom. The summed E-state index contributed by atoms with van der Waals surface area (Å²) in [6.07, 6.45) is 0. The Bertz CT molecular complexity index is 984. The van der Waals surface area contributed by atoms with Crippen LogP contribution in [0.25, 0.3) is 0 Å². The van der Waals surface area contributed by atoms with Crippen LogP contribution in [0.2, 0.25) is 0 Å². The number of fused-ring (bicyclic) bond motifs is 2. The Morgan fingerprint density at radius 3 is 2.71 bits per heavy atom. The van der Waals surface area contributed by atoms with Crippen molar-refractivity contribution in [2.45, 2.75) is 19.4 Å². The van der Waals surface area contributed by atoms with Crippen molar-refractivity contribution in [3.8, 4) is 11.5 Å². The molecule has 1 N–H and O–H groups in total. The van der Waals surface area contributed by atoms with E-state index in [1.54, 1.807) is 44.2 Å². The number of nitrogens with zero attached hydrogens (tertiary/aromatic N) is 1. The topological polar surface area (TPSA) is 94.2 Å². The minimum atomic E-state index is -1.13. The molecule has 0 bridgehead atoms. The van der Waals surface area contributed by atoms with E-state index in [-0.39, 0.29) is 18.3 Å². The summed E-state index contributed by atoms with van der Waals surface area (Å²) >= 11 is 0. The molecule has 144 valence electrons. The lowest BCUT2D eigenvalue weighted by Crippen LogP contribution is -2.59. The largest absolute Gasteiger partial charge is 0.454 e. The molecule has 0 saturated heterocycles. The summed E-state index contributed by atoms with van der Waals surface area (Å²) in [5.41, 5.74) is 0.197. The smallest absolute Gasteiger partial charge is 0.338 e. The number of carbonyl (C=O) groups excluding carboxylic acids is 3. The van der Waals surface area contributed by atoms with Crippen molar-refractivity contribution < 1.29 is 28.6 Å². The van der Waals surface area contributed by atoms with Crippen molar-refractivity contribution in [1.29, 1.82) is 0 Å². The number of amides is 2. The molecule has 2 aliphatic rings. The predicted octanol–water partition coefficient (Wildman–Crippen LogP) is 2.34. The fourth-order valence-electron chi connectivity index (χ4n) is 3.20. The van der Waals surface area contributed by atoms with Gasteiger partial charge in [-0.25, -0.2) is 4.79 Å². The second kappa shape index (κ2) is 6.56. The monoisotopic (exact) mass is 382 g/mol. The Hall–Kier alpha value is -3.55. The zero-order valence-corrected chi connectivity index (χ0v) is 15.4. The fraction of sp³-hybridized carbons (Fsp3) is 0.250. The highest BCUT2D eigenvalue weighted by Gasteiger charge is 2.43. The van der Waals surface area contributed by atoms with Crippen molar-refractivity contribution in [2.24, 2.45) is 0 Å². The van der Waals surface area contributed by atoms with Gasteiger partial charge in [0.1, 0.15) is 5.54 Å². The minimum Gasteiger partial charge on any atom is -0.454 e. The number of ether oxygens (including phenoxy) is 3. The first-order chi connectivity index (χ1) is 13.4. The highest BCUT2D eigenvalue weighted by molar-refractivity contribution is 6.14. The SMILES string of the molecule is CC1(C)C(=O)Nc2ccccc2N1C(=O)COC(=O)c1ccc2c(c1)OCO2. The highest BCUT2D eigenvalue weighted by Crippen LogP contribution is 2.37. The number of rotatable bonds is 3. The second-order valence-electron chi connectivity index (χ2n) is 6.90. The summed E-state index contributed by atoms with van der Waals surface area (Å²) in [5.74, 6) is -0.490. The number of anilines is 2. The molecule has 0 unspecified atom stereocenters. The van der Waals surface area contributed by atoms with E-state index in [1.807, 2.05) is 0 Å². The van der Waals surface area contributed by atoms with Crippen molar-refractivity contribution in [1.82, 2.24) is 0 Å². The quantitative estimate of drug-likeness (QED) is 0.819. The summed E-state index contributed by atoms with van der Waals surface area (Å²) in [6.45, 7) is 2.86. The van der Waals surface area contributed by atoms with Gasteiger partial charge in [-0.1, -0.05) is 12.1 Å². The first kappa shape index (κ1) is 17.8. The van der Waals surface area contributed by atoms with Crippen LogP contribution in [0.3, 0.4) is 0 Å². The van der Waals surface area contributed by atoms with Crippen LogP contribution in [0.15, 0.2) is 42.5 Å².